The van der Waals surface area contributed by atoms with Gasteiger partial charge in [-0.25, -0.2) is 0 Å². The summed E-state index contributed by atoms with van der Waals surface area (Å²) in [7, 11) is 0. The molecular formula is C20H19Cl3N4S. The highest BCUT2D eigenvalue weighted by atomic mass is 35.5. The Morgan fingerprint density at radius 1 is 1.04 bits per heavy atom. The van der Waals surface area contributed by atoms with Gasteiger partial charge in [-0.05, 0) is 55.9 Å². The smallest absolute Gasteiger partial charge is 0.171 e. The normalized spacial score (nSPS) is 10.8. The number of hydrogen-bond acceptors (Lipinski definition) is 2. The number of hydrogen-bond donors (Lipinski definition) is 2. The Balaban J connectivity index is 1.69. The maximum Gasteiger partial charge on any atom is 0.171 e. The summed E-state index contributed by atoms with van der Waals surface area (Å²) in [6, 6.07) is 13.1. The molecule has 3 rings (SSSR count). The fourth-order valence-corrected chi connectivity index (χ4v) is 3.62. The Hall–Kier alpha value is -1.79. The zero-order chi connectivity index (χ0) is 20.3. The molecule has 146 valence electrons. The third-order valence-electron chi connectivity index (χ3n) is 4.36. The summed E-state index contributed by atoms with van der Waals surface area (Å²) >= 11 is 23.9. The zero-order valence-corrected chi connectivity index (χ0v) is 18.5. The van der Waals surface area contributed by atoms with E-state index in [-0.39, 0.29) is 0 Å². The third-order valence-corrected chi connectivity index (χ3v) is 5.56. The molecule has 3 aromatic rings. The standard InChI is InChI=1S/C20H19Cl3N4S/c1-12-19(25-20(28)24-10-14-6-8-15(21)9-7-14)13(2)27(26-12)11-16-17(22)4-3-5-18(16)23/h3-9H,10-11H2,1-2H3,(H2,24,25,28). The molecule has 28 heavy (non-hydrogen) atoms. The topological polar surface area (TPSA) is 41.9 Å². The minimum atomic E-state index is 0.484. The summed E-state index contributed by atoms with van der Waals surface area (Å²) in [5, 5.41) is 13.5. The van der Waals surface area contributed by atoms with Crippen LogP contribution in [0.25, 0.3) is 0 Å². The minimum absolute atomic E-state index is 0.484. The number of rotatable bonds is 5. The number of benzene rings is 2. The van der Waals surface area contributed by atoms with E-state index in [0.717, 1.165) is 28.2 Å². The van der Waals surface area contributed by atoms with Gasteiger partial charge in [0.25, 0.3) is 0 Å². The van der Waals surface area contributed by atoms with Gasteiger partial charge in [0, 0.05) is 27.2 Å². The van der Waals surface area contributed by atoms with Crippen LogP contribution in [0, 0.1) is 13.8 Å². The SMILES string of the molecule is Cc1nn(Cc2c(Cl)cccc2Cl)c(C)c1NC(=S)NCc1ccc(Cl)cc1. The molecule has 0 spiro atoms. The zero-order valence-electron chi connectivity index (χ0n) is 15.4. The highest BCUT2D eigenvalue weighted by molar-refractivity contribution is 7.80. The van der Waals surface area contributed by atoms with Gasteiger partial charge in [0.05, 0.1) is 23.6 Å². The van der Waals surface area contributed by atoms with Gasteiger partial charge in [-0.15, -0.1) is 0 Å². The predicted molar refractivity (Wildman–Crippen MR) is 122 cm³/mol. The first-order chi connectivity index (χ1) is 13.3. The van der Waals surface area contributed by atoms with Crippen molar-refractivity contribution in [3.8, 4) is 0 Å². The minimum Gasteiger partial charge on any atom is -0.358 e. The molecule has 0 radical (unpaired) electrons. The van der Waals surface area contributed by atoms with Gasteiger partial charge >= 0.3 is 0 Å². The van der Waals surface area contributed by atoms with E-state index >= 15 is 0 Å². The summed E-state index contributed by atoms with van der Waals surface area (Å²) in [6.07, 6.45) is 0. The van der Waals surface area contributed by atoms with Crippen LogP contribution in [0.5, 0.6) is 0 Å². The van der Waals surface area contributed by atoms with Crippen LogP contribution >= 0.6 is 47.0 Å². The predicted octanol–water partition coefficient (Wildman–Crippen LogP) is 6.00. The van der Waals surface area contributed by atoms with Crippen LogP contribution < -0.4 is 10.6 Å². The summed E-state index contributed by atoms with van der Waals surface area (Å²) in [5.74, 6) is 0. The number of anilines is 1. The Labute approximate surface area is 184 Å². The first-order valence-corrected chi connectivity index (χ1v) is 10.2. The lowest BCUT2D eigenvalue weighted by Crippen LogP contribution is -2.28. The first-order valence-electron chi connectivity index (χ1n) is 8.61. The van der Waals surface area contributed by atoms with Crippen molar-refractivity contribution in [1.82, 2.24) is 15.1 Å². The van der Waals surface area contributed by atoms with E-state index in [1.807, 2.05) is 61.0 Å². The molecule has 0 atom stereocenters. The van der Waals surface area contributed by atoms with Crippen molar-refractivity contribution in [3.05, 3.63) is 80.0 Å². The van der Waals surface area contributed by atoms with Crippen molar-refractivity contribution < 1.29 is 0 Å². The lowest BCUT2D eigenvalue weighted by atomic mass is 10.2. The lowest BCUT2D eigenvalue weighted by molar-refractivity contribution is 0.659. The van der Waals surface area contributed by atoms with E-state index in [1.165, 1.54) is 0 Å². The number of nitrogens with one attached hydrogen (secondary N) is 2. The third kappa shape index (κ3) is 4.97. The van der Waals surface area contributed by atoms with Crippen LogP contribution in [0.4, 0.5) is 5.69 Å². The number of halogens is 3. The van der Waals surface area contributed by atoms with Crippen molar-refractivity contribution in [1.29, 1.82) is 0 Å². The average Bonchev–Trinajstić information content (AvgIpc) is 2.92. The molecule has 1 aromatic heterocycles. The molecule has 0 aliphatic carbocycles. The van der Waals surface area contributed by atoms with Gasteiger partial charge in [0.15, 0.2) is 5.11 Å². The second-order valence-electron chi connectivity index (χ2n) is 6.34. The quantitative estimate of drug-likeness (QED) is 0.465. The fraction of sp³-hybridized carbons (Fsp3) is 0.200. The Kier molecular flexibility index (Phi) is 6.83. The summed E-state index contributed by atoms with van der Waals surface area (Å²) in [4.78, 5) is 0. The molecule has 2 aromatic carbocycles. The van der Waals surface area contributed by atoms with Crippen LogP contribution in [-0.2, 0) is 13.1 Å². The Morgan fingerprint density at radius 2 is 1.68 bits per heavy atom. The maximum atomic E-state index is 6.29. The average molecular weight is 454 g/mol. The van der Waals surface area contributed by atoms with Crippen LogP contribution in [0.15, 0.2) is 42.5 Å². The number of aryl methyl sites for hydroxylation is 1. The molecule has 0 saturated carbocycles. The molecule has 0 aliphatic heterocycles. The molecule has 0 amide bonds. The molecule has 0 bridgehead atoms. The molecule has 0 saturated heterocycles. The van der Waals surface area contributed by atoms with Gasteiger partial charge in [-0.1, -0.05) is 53.0 Å². The highest BCUT2D eigenvalue weighted by Crippen LogP contribution is 2.27. The van der Waals surface area contributed by atoms with Gasteiger partial charge in [0.2, 0.25) is 0 Å². The Morgan fingerprint density at radius 3 is 2.32 bits per heavy atom. The van der Waals surface area contributed by atoms with Crippen molar-refractivity contribution in [2.75, 3.05) is 5.32 Å². The van der Waals surface area contributed by atoms with Gasteiger partial charge in [-0.3, -0.25) is 4.68 Å². The van der Waals surface area contributed by atoms with Crippen LogP contribution in [0.3, 0.4) is 0 Å². The number of nitrogens with zero attached hydrogens (tertiary/aromatic N) is 2. The lowest BCUT2D eigenvalue weighted by Gasteiger charge is -2.12. The summed E-state index contributed by atoms with van der Waals surface area (Å²) in [6.45, 7) is 5.00. The van der Waals surface area contributed by atoms with Gasteiger partial charge < -0.3 is 10.6 Å². The summed E-state index contributed by atoms with van der Waals surface area (Å²) in [5.41, 5.74) is 4.59. The van der Waals surface area contributed by atoms with E-state index < -0.39 is 0 Å². The second kappa shape index (κ2) is 9.14. The van der Waals surface area contributed by atoms with Crippen molar-refractivity contribution in [3.63, 3.8) is 0 Å². The number of aromatic nitrogens is 2. The molecule has 4 nitrogen and oxygen atoms in total. The van der Waals surface area contributed by atoms with E-state index in [0.29, 0.717) is 33.3 Å². The molecule has 0 unspecified atom stereocenters. The molecule has 8 heteroatoms. The van der Waals surface area contributed by atoms with Crippen LogP contribution in [0.2, 0.25) is 15.1 Å². The van der Waals surface area contributed by atoms with E-state index in [2.05, 4.69) is 15.7 Å². The highest BCUT2D eigenvalue weighted by Gasteiger charge is 2.15. The molecule has 2 N–H and O–H groups in total. The Bertz CT molecular complexity index is 979. The van der Waals surface area contributed by atoms with Crippen molar-refractivity contribution >= 4 is 57.8 Å². The largest absolute Gasteiger partial charge is 0.358 e. The van der Waals surface area contributed by atoms with Gasteiger partial charge in [0.1, 0.15) is 0 Å². The summed E-state index contributed by atoms with van der Waals surface area (Å²) < 4.78 is 1.87. The molecule has 0 aliphatic rings. The monoisotopic (exact) mass is 452 g/mol. The maximum absolute atomic E-state index is 6.29. The fourth-order valence-electron chi connectivity index (χ4n) is 2.81. The van der Waals surface area contributed by atoms with Crippen molar-refractivity contribution in [2.24, 2.45) is 0 Å². The molecular weight excluding hydrogens is 435 g/mol. The van der Waals surface area contributed by atoms with E-state index in [4.69, 9.17) is 47.0 Å². The molecule has 1 heterocycles. The van der Waals surface area contributed by atoms with Crippen molar-refractivity contribution in [2.45, 2.75) is 26.9 Å². The van der Waals surface area contributed by atoms with E-state index in [1.54, 1.807) is 0 Å². The van der Waals surface area contributed by atoms with Crippen LogP contribution in [-0.4, -0.2) is 14.9 Å². The van der Waals surface area contributed by atoms with Crippen LogP contribution in [0.1, 0.15) is 22.5 Å². The molecule has 0 fully saturated rings. The number of thiocarbonyl (C=S) groups is 1. The first kappa shape index (κ1) is 20.9. The second-order valence-corrected chi connectivity index (χ2v) is 8.00. The van der Waals surface area contributed by atoms with E-state index in [9.17, 15) is 0 Å². The van der Waals surface area contributed by atoms with Gasteiger partial charge in [-0.2, -0.15) is 5.10 Å².